The number of anilines is 3. The zero-order chi connectivity index (χ0) is 24.9. The summed E-state index contributed by atoms with van der Waals surface area (Å²) < 4.78 is 5.67. The van der Waals surface area contributed by atoms with Gasteiger partial charge in [0.1, 0.15) is 5.82 Å². The van der Waals surface area contributed by atoms with E-state index in [0.29, 0.717) is 37.2 Å². The van der Waals surface area contributed by atoms with E-state index < -0.39 is 0 Å². The van der Waals surface area contributed by atoms with Crippen molar-refractivity contribution in [1.82, 2.24) is 25.3 Å². The van der Waals surface area contributed by atoms with Gasteiger partial charge in [0.05, 0.1) is 38.1 Å². The summed E-state index contributed by atoms with van der Waals surface area (Å²) in [6.45, 7) is 5.75. The van der Waals surface area contributed by atoms with Crippen LogP contribution in [0.2, 0.25) is 0 Å². The van der Waals surface area contributed by atoms with Crippen LogP contribution in [0.1, 0.15) is 18.2 Å². The average Bonchev–Trinajstić information content (AvgIpc) is 2.92. The maximum Gasteiger partial charge on any atom is 0.319 e. The molecule has 1 saturated heterocycles. The van der Waals surface area contributed by atoms with Crippen molar-refractivity contribution in [3.05, 3.63) is 54.0 Å². The van der Waals surface area contributed by atoms with E-state index in [2.05, 4.69) is 37.3 Å². The Bertz CT molecular complexity index is 1190. The first-order valence-electron chi connectivity index (χ1n) is 12.1. The zero-order valence-corrected chi connectivity index (χ0v) is 20.2. The molecule has 2 aromatic heterocycles. The monoisotopic (exact) mass is 490 g/mol. The number of nitrogens with one attached hydrogen (secondary N) is 2. The van der Waals surface area contributed by atoms with Crippen LogP contribution in [-0.2, 0) is 17.7 Å². The number of amides is 2. The minimum atomic E-state index is -0.367. The van der Waals surface area contributed by atoms with Crippen molar-refractivity contribution in [2.45, 2.75) is 25.9 Å². The van der Waals surface area contributed by atoms with Gasteiger partial charge in [-0.3, -0.25) is 0 Å². The minimum absolute atomic E-state index is 0.111. The maximum absolute atomic E-state index is 11.9. The lowest BCUT2D eigenvalue weighted by atomic mass is 10.0. The molecule has 0 radical (unpaired) electrons. The summed E-state index contributed by atoms with van der Waals surface area (Å²) in [4.78, 5) is 35.2. The van der Waals surface area contributed by atoms with Gasteiger partial charge in [0.2, 0.25) is 5.95 Å². The third kappa shape index (κ3) is 5.21. The summed E-state index contributed by atoms with van der Waals surface area (Å²) in [5, 5.41) is 14.2. The van der Waals surface area contributed by atoms with Gasteiger partial charge in [-0.2, -0.15) is 0 Å². The lowest BCUT2D eigenvalue weighted by Crippen LogP contribution is -2.45. The van der Waals surface area contributed by atoms with Gasteiger partial charge in [-0.25, -0.2) is 24.7 Å². The average molecular weight is 491 g/mol. The summed E-state index contributed by atoms with van der Waals surface area (Å²) >= 11 is 0. The highest BCUT2D eigenvalue weighted by atomic mass is 16.5. The molecule has 0 aliphatic carbocycles. The number of hydrogen-bond donors (Lipinski definition) is 3. The predicted octanol–water partition coefficient (Wildman–Crippen LogP) is 1.84. The number of urea groups is 1. The molecule has 11 nitrogen and oxygen atoms in total. The van der Waals surface area contributed by atoms with Crippen LogP contribution in [0.3, 0.4) is 0 Å². The van der Waals surface area contributed by atoms with Crippen LogP contribution in [0, 0.1) is 0 Å². The molecular weight excluding hydrogens is 460 g/mol. The Labute approximate surface area is 209 Å². The maximum atomic E-state index is 11.9. The molecule has 1 aromatic carbocycles. The van der Waals surface area contributed by atoms with Gasteiger partial charge in [0, 0.05) is 48.8 Å². The molecule has 11 heteroatoms. The van der Waals surface area contributed by atoms with E-state index in [-0.39, 0.29) is 25.2 Å². The number of carbonyl (C=O) groups excluding carboxylic acids is 1. The SMILES string of the molecule is CC1COCCN1c1nc(-c2ccc(NC(=O)NCCO)cc2)nc2c1CCN(c1ncccn1)C2. The number of nitrogens with zero attached hydrogens (tertiary/aromatic N) is 6. The third-order valence-corrected chi connectivity index (χ3v) is 6.32. The van der Waals surface area contributed by atoms with Crippen molar-refractivity contribution in [1.29, 1.82) is 0 Å². The minimum Gasteiger partial charge on any atom is -0.395 e. The molecule has 1 fully saturated rings. The normalized spacial score (nSPS) is 17.4. The molecule has 2 amide bonds. The fourth-order valence-corrected chi connectivity index (χ4v) is 4.49. The highest BCUT2D eigenvalue weighted by molar-refractivity contribution is 5.89. The summed E-state index contributed by atoms with van der Waals surface area (Å²) in [7, 11) is 0. The molecule has 0 spiro atoms. The number of hydrogen-bond acceptors (Lipinski definition) is 9. The van der Waals surface area contributed by atoms with Crippen molar-refractivity contribution in [3.8, 4) is 11.4 Å². The molecule has 3 N–H and O–H groups in total. The molecule has 1 unspecified atom stereocenters. The lowest BCUT2D eigenvalue weighted by molar-refractivity contribution is 0.0984. The van der Waals surface area contributed by atoms with Gasteiger partial charge in [-0.05, 0) is 43.7 Å². The molecule has 188 valence electrons. The van der Waals surface area contributed by atoms with Crippen LogP contribution in [0.15, 0.2) is 42.7 Å². The molecule has 2 aliphatic rings. The molecule has 0 saturated carbocycles. The first kappa shape index (κ1) is 23.9. The van der Waals surface area contributed by atoms with E-state index in [4.69, 9.17) is 19.8 Å². The van der Waals surface area contributed by atoms with Gasteiger partial charge in [0.15, 0.2) is 5.82 Å². The quantitative estimate of drug-likeness (QED) is 0.474. The molecule has 5 rings (SSSR count). The number of benzene rings is 1. The van der Waals surface area contributed by atoms with Crippen molar-refractivity contribution >= 4 is 23.5 Å². The van der Waals surface area contributed by atoms with Crippen LogP contribution in [0.25, 0.3) is 11.4 Å². The molecule has 1 atom stereocenters. The zero-order valence-electron chi connectivity index (χ0n) is 20.2. The molecule has 0 bridgehead atoms. The number of carbonyl (C=O) groups is 1. The number of fused-ring (bicyclic) bond motifs is 1. The van der Waals surface area contributed by atoms with E-state index in [9.17, 15) is 4.79 Å². The smallest absolute Gasteiger partial charge is 0.319 e. The third-order valence-electron chi connectivity index (χ3n) is 6.32. The largest absolute Gasteiger partial charge is 0.395 e. The standard InChI is InChI=1S/C25H30N8O3/c1-17-16-36-14-12-33(17)23-20-7-11-32(24-26-8-2-9-27-24)15-21(20)30-22(31-23)18-3-5-19(6-4-18)29-25(35)28-10-13-34/h2-6,8-9,17,34H,7,10-16H2,1H3,(H2,28,29,35). The molecule has 36 heavy (non-hydrogen) atoms. The van der Waals surface area contributed by atoms with Crippen molar-refractivity contribution < 1.29 is 14.6 Å². The van der Waals surface area contributed by atoms with E-state index in [1.807, 2.05) is 30.3 Å². The Morgan fingerprint density at radius 2 is 1.97 bits per heavy atom. The molecular formula is C25H30N8O3. The Hall–Kier alpha value is -3.83. The topological polar surface area (TPSA) is 129 Å². The van der Waals surface area contributed by atoms with Crippen molar-refractivity contribution in [3.63, 3.8) is 0 Å². The fraction of sp³-hybridized carbons (Fsp3) is 0.400. The van der Waals surface area contributed by atoms with E-state index in [0.717, 1.165) is 36.6 Å². The van der Waals surface area contributed by atoms with Gasteiger partial charge in [-0.1, -0.05) is 0 Å². The molecule has 4 heterocycles. The van der Waals surface area contributed by atoms with Gasteiger partial charge in [-0.15, -0.1) is 0 Å². The Morgan fingerprint density at radius 3 is 2.72 bits per heavy atom. The van der Waals surface area contributed by atoms with E-state index >= 15 is 0 Å². The summed E-state index contributed by atoms with van der Waals surface area (Å²) in [6, 6.07) is 9.09. The van der Waals surface area contributed by atoms with E-state index in [1.165, 1.54) is 5.56 Å². The highest BCUT2D eigenvalue weighted by Crippen LogP contribution is 2.32. The Balaban J connectivity index is 1.46. The van der Waals surface area contributed by atoms with Crippen LogP contribution in [0.4, 0.5) is 22.2 Å². The number of aromatic nitrogens is 4. The van der Waals surface area contributed by atoms with Crippen molar-refractivity contribution in [2.24, 2.45) is 0 Å². The second kappa shape index (κ2) is 10.8. The fourth-order valence-electron chi connectivity index (χ4n) is 4.49. The first-order valence-corrected chi connectivity index (χ1v) is 12.1. The second-order valence-electron chi connectivity index (χ2n) is 8.82. The Kier molecular flexibility index (Phi) is 7.19. The first-order chi connectivity index (χ1) is 17.6. The molecule has 2 aliphatic heterocycles. The lowest BCUT2D eigenvalue weighted by Gasteiger charge is -2.37. The second-order valence-corrected chi connectivity index (χ2v) is 8.82. The number of aliphatic hydroxyl groups excluding tert-OH is 1. The summed E-state index contributed by atoms with van der Waals surface area (Å²) in [5.41, 5.74) is 3.63. The number of aliphatic hydroxyl groups is 1. The predicted molar refractivity (Wildman–Crippen MR) is 136 cm³/mol. The number of ether oxygens (including phenoxy) is 1. The van der Waals surface area contributed by atoms with Crippen molar-refractivity contribution in [2.75, 3.05) is 54.6 Å². The Morgan fingerprint density at radius 1 is 1.17 bits per heavy atom. The van der Waals surface area contributed by atoms with E-state index in [1.54, 1.807) is 12.4 Å². The van der Waals surface area contributed by atoms with Crippen LogP contribution < -0.4 is 20.4 Å². The van der Waals surface area contributed by atoms with Crippen LogP contribution in [0.5, 0.6) is 0 Å². The summed E-state index contributed by atoms with van der Waals surface area (Å²) in [6.07, 6.45) is 4.31. The van der Waals surface area contributed by atoms with Gasteiger partial charge in [0.25, 0.3) is 0 Å². The molecule has 3 aromatic rings. The number of morpholine rings is 1. The number of rotatable bonds is 6. The van der Waals surface area contributed by atoms with Gasteiger partial charge >= 0.3 is 6.03 Å². The summed E-state index contributed by atoms with van der Waals surface area (Å²) in [5.74, 6) is 2.29. The highest BCUT2D eigenvalue weighted by Gasteiger charge is 2.29. The van der Waals surface area contributed by atoms with Gasteiger partial charge < -0.3 is 30.3 Å². The van der Waals surface area contributed by atoms with Crippen LogP contribution >= 0.6 is 0 Å². The van der Waals surface area contributed by atoms with Crippen LogP contribution in [-0.4, -0.2) is 76.6 Å².